The van der Waals surface area contributed by atoms with E-state index in [1.807, 2.05) is 0 Å². The molecule has 0 spiro atoms. The lowest BCUT2D eigenvalue weighted by Crippen LogP contribution is -2.43. The molecule has 0 aromatic rings. The number of hydrogen-bond donors (Lipinski definition) is 4. The van der Waals surface area contributed by atoms with E-state index in [9.17, 15) is 14.4 Å². The molecule has 100 valence electrons. The number of carbonyl (C=O) groups is 3. The maximum Gasteiger partial charge on any atom is 0.326 e. The van der Waals surface area contributed by atoms with E-state index in [2.05, 4.69) is 5.32 Å². The van der Waals surface area contributed by atoms with Gasteiger partial charge in [-0.3, -0.25) is 9.59 Å². The van der Waals surface area contributed by atoms with Gasteiger partial charge >= 0.3 is 5.97 Å². The number of aliphatic carboxylic acids is 1. The Morgan fingerprint density at radius 2 is 2.06 bits per heavy atom. The van der Waals surface area contributed by atoms with Gasteiger partial charge < -0.3 is 21.9 Å². The number of rotatable bonds is 6. The summed E-state index contributed by atoms with van der Waals surface area (Å²) in [7, 11) is 0. The Morgan fingerprint density at radius 1 is 1.39 bits per heavy atom. The van der Waals surface area contributed by atoms with Gasteiger partial charge in [-0.15, -0.1) is 0 Å². The predicted molar refractivity (Wildman–Crippen MR) is 63.2 cm³/mol. The Balaban J connectivity index is 2.50. The van der Waals surface area contributed by atoms with Crippen LogP contribution in [0.5, 0.6) is 0 Å². The van der Waals surface area contributed by atoms with Gasteiger partial charge in [0.25, 0.3) is 0 Å². The molecule has 0 bridgehead atoms. The summed E-state index contributed by atoms with van der Waals surface area (Å²) >= 11 is 0. The zero-order valence-electron chi connectivity index (χ0n) is 9.83. The first-order chi connectivity index (χ1) is 8.40. The lowest BCUT2D eigenvalue weighted by molar-refractivity contribution is -0.142. The van der Waals surface area contributed by atoms with Gasteiger partial charge in [0.2, 0.25) is 11.8 Å². The van der Waals surface area contributed by atoms with Crippen LogP contribution < -0.4 is 16.8 Å². The average Bonchev–Trinajstić information content (AvgIpc) is 2.70. The summed E-state index contributed by atoms with van der Waals surface area (Å²) in [6.07, 6.45) is 3.74. The molecule has 7 heteroatoms. The summed E-state index contributed by atoms with van der Waals surface area (Å²) in [5.74, 6) is -2.58. The molecule has 0 saturated heterocycles. The standard InChI is InChI=1S/C11H17N3O4/c12-7-2-1-6(5-7)10(16)14-8(11(17)18)3-4-9(13)15/h1-2,6-8H,3-5,12H2,(H2,13,15)(H,14,16)(H,17,18). The normalized spacial score (nSPS) is 23.6. The molecular formula is C11H17N3O4. The fourth-order valence-corrected chi connectivity index (χ4v) is 1.74. The van der Waals surface area contributed by atoms with E-state index in [4.69, 9.17) is 16.6 Å². The summed E-state index contributed by atoms with van der Waals surface area (Å²) in [6.45, 7) is 0. The predicted octanol–water partition coefficient (Wildman–Crippen LogP) is -1.28. The van der Waals surface area contributed by atoms with Crippen LogP contribution in [-0.2, 0) is 14.4 Å². The number of amides is 2. The Morgan fingerprint density at radius 3 is 2.50 bits per heavy atom. The van der Waals surface area contributed by atoms with Gasteiger partial charge in [-0.05, 0) is 12.8 Å². The zero-order chi connectivity index (χ0) is 13.7. The van der Waals surface area contributed by atoms with Crippen molar-refractivity contribution in [3.8, 4) is 0 Å². The first kappa shape index (κ1) is 14.2. The van der Waals surface area contributed by atoms with Crippen LogP contribution in [0, 0.1) is 5.92 Å². The Kier molecular flexibility index (Phi) is 4.85. The summed E-state index contributed by atoms with van der Waals surface area (Å²) in [4.78, 5) is 33.3. The van der Waals surface area contributed by atoms with Crippen LogP contribution in [-0.4, -0.2) is 35.0 Å². The number of nitrogens with two attached hydrogens (primary N) is 2. The Bertz CT molecular complexity index is 380. The molecule has 3 unspecified atom stereocenters. The van der Waals surface area contributed by atoms with Crippen molar-refractivity contribution in [3.05, 3.63) is 12.2 Å². The van der Waals surface area contributed by atoms with Gasteiger partial charge in [-0.2, -0.15) is 0 Å². The van der Waals surface area contributed by atoms with Crippen LogP contribution >= 0.6 is 0 Å². The molecule has 0 aliphatic heterocycles. The van der Waals surface area contributed by atoms with Gasteiger partial charge in [0.05, 0.1) is 5.92 Å². The highest BCUT2D eigenvalue weighted by Gasteiger charge is 2.27. The maximum atomic E-state index is 11.8. The van der Waals surface area contributed by atoms with Crippen LogP contribution in [0.15, 0.2) is 12.2 Å². The maximum absolute atomic E-state index is 11.8. The van der Waals surface area contributed by atoms with Crippen LogP contribution in [0.25, 0.3) is 0 Å². The first-order valence-electron chi connectivity index (χ1n) is 5.65. The van der Waals surface area contributed by atoms with E-state index in [1.54, 1.807) is 12.2 Å². The van der Waals surface area contributed by atoms with Crippen molar-refractivity contribution in [2.75, 3.05) is 0 Å². The van der Waals surface area contributed by atoms with Gasteiger partial charge in [0.1, 0.15) is 6.04 Å². The molecule has 3 atom stereocenters. The molecular weight excluding hydrogens is 238 g/mol. The summed E-state index contributed by atoms with van der Waals surface area (Å²) in [6, 6.07) is -1.27. The number of carboxylic acid groups (broad SMARTS) is 1. The van der Waals surface area contributed by atoms with Crippen LogP contribution in [0.1, 0.15) is 19.3 Å². The lowest BCUT2D eigenvalue weighted by Gasteiger charge is -2.16. The molecule has 6 N–H and O–H groups in total. The van der Waals surface area contributed by atoms with E-state index >= 15 is 0 Å². The third-order valence-corrected chi connectivity index (χ3v) is 2.75. The molecule has 1 aliphatic carbocycles. The second kappa shape index (κ2) is 6.15. The third kappa shape index (κ3) is 4.17. The van der Waals surface area contributed by atoms with Crippen molar-refractivity contribution in [1.82, 2.24) is 5.32 Å². The molecule has 7 nitrogen and oxygen atoms in total. The highest BCUT2D eigenvalue weighted by Crippen LogP contribution is 2.16. The van der Waals surface area contributed by atoms with Crippen LogP contribution in [0.2, 0.25) is 0 Å². The Hall–Kier alpha value is -1.89. The van der Waals surface area contributed by atoms with Gasteiger partial charge in [0, 0.05) is 12.5 Å². The van der Waals surface area contributed by atoms with Gasteiger partial charge in [-0.1, -0.05) is 12.2 Å². The van der Waals surface area contributed by atoms with E-state index in [-0.39, 0.29) is 18.9 Å². The topological polar surface area (TPSA) is 136 Å². The summed E-state index contributed by atoms with van der Waals surface area (Å²) in [5.41, 5.74) is 10.5. The van der Waals surface area contributed by atoms with Gasteiger partial charge in [-0.25, -0.2) is 4.79 Å². The van der Waals surface area contributed by atoms with Crippen molar-refractivity contribution in [2.45, 2.75) is 31.3 Å². The first-order valence-corrected chi connectivity index (χ1v) is 5.65. The quantitative estimate of drug-likeness (QED) is 0.438. The second-order valence-electron chi connectivity index (χ2n) is 4.30. The molecule has 2 amide bonds. The number of carboxylic acids is 1. The minimum absolute atomic E-state index is 0.0150. The summed E-state index contributed by atoms with van der Waals surface area (Å²) < 4.78 is 0. The molecule has 0 fully saturated rings. The van der Waals surface area contributed by atoms with E-state index < -0.39 is 29.7 Å². The summed E-state index contributed by atoms with van der Waals surface area (Å²) in [5, 5.41) is 11.3. The SMILES string of the molecule is NC(=O)CCC(NC(=O)C1C=CC(N)C1)C(=O)O. The highest BCUT2D eigenvalue weighted by atomic mass is 16.4. The third-order valence-electron chi connectivity index (χ3n) is 2.75. The zero-order valence-corrected chi connectivity index (χ0v) is 9.83. The number of carbonyl (C=O) groups excluding carboxylic acids is 2. The number of nitrogens with one attached hydrogen (secondary N) is 1. The van der Waals surface area contributed by atoms with Crippen LogP contribution in [0.4, 0.5) is 0 Å². The van der Waals surface area contributed by atoms with Crippen molar-refractivity contribution < 1.29 is 19.5 Å². The van der Waals surface area contributed by atoms with Crippen LogP contribution in [0.3, 0.4) is 0 Å². The molecule has 1 rings (SSSR count). The largest absolute Gasteiger partial charge is 0.480 e. The Labute approximate surface area is 104 Å². The fourth-order valence-electron chi connectivity index (χ4n) is 1.74. The smallest absolute Gasteiger partial charge is 0.326 e. The molecule has 0 aromatic heterocycles. The minimum Gasteiger partial charge on any atom is -0.480 e. The molecule has 0 aromatic carbocycles. The number of primary amides is 1. The lowest BCUT2D eigenvalue weighted by atomic mass is 10.1. The average molecular weight is 255 g/mol. The van der Waals surface area contributed by atoms with Crippen molar-refractivity contribution in [2.24, 2.45) is 17.4 Å². The molecule has 0 radical (unpaired) electrons. The molecule has 0 saturated carbocycles. The molecule has 1 aliphatic rings. The monoisotopic (exact) mass is 255 g/mol. The highest BCUT2D eigenvalue weighted by molar-refractivity contribution is 5.86. The van der Waals surface area contributed by atoms with Crippen molar-refractivity contribution >= 4 is 17.8 Å². The second-order valence-corrected chi connectivity index (χ2v) is 4.30. The van der Waals surface area contributed by atoms with Crippen molar-refractivity contribution in [3.63, 3.8) is 0 Å². The number of hydrogen-bond acceptors (Lipinski definition) is 4. The van der Waals surface area contributed by atoms with E-state index in [1.165, 1.54) is 0 Å². The van der Waals surface area contributed by atoms with E-state index in [0.29, 0.717) is 6.42 Å². The molecule has 18 heavy (non-hydrogen) atoms. The fraction of sp³-hybridized carbons (Fsp3) is 0.545. The van der Waals surface area contributed by atoms with Crippen molar-refractivity contribution in [1.29, 1.82) is 0 Å². The molecule has 0 heterocycles. The van der Waals surface area contributed by atoms with E-state index in [0.717, 1.165) is 0 Å². The minimum atomic E-state index is -1.18. The van der Waals surface area contributed by atoms with Gasteiger partial charge in [0.15, 0.2) is 0 Å².